The number of benzene rings is 2. The van der Waals surface area contributed by atoms with Gasteiger partial charge in [0, 0.05) is 17.8 Å². The highest BCUT2D eigenvalue weighted by Gasteiger charge is 2.28. The van der Waals surface area contributed by atoms with Crippen LogP contribution in [-0.2, 0) is 4.79 Å². The Morgan fingerprint density at radius 3 is 2.43 bits per heavy atom. The summed E-state index contributed by atoms with van der Waals surface area (Å²) in [6.07, 6.45) is 0.536. The third kappa shape index (κ3) is 4.94. The Morgan fingerprint density at radius 1 is 1.20 bits per heavy atom. The number of methoxy groups -OCH3 is 1. The number of carbonyl (C=O) groups excluding carboxylic acids is 1. The van der Waals surface area contributed by atoms with E-state index in [9.17, 15) is 9.90 Å². The second-order valence-corrected chi connectivity index (χ2v) is 8.25. The maximum absolute atomic E-state index is 12.8. The summed E-state index contributed by atoms with van der Waals surface area (Å²) >= 11 is 1.14. The van der Waals surface area contributed by atoms with E-state index in [4.69, 9.17) is 9.26 Å². The van der Waals surface area contributed by atoms with Gasteiger partial charge in [-0.25, -0.2) is 0 Å². The molecule has 0 saturated carbocycles. The van der Waals surface area contributed by atoms with Crippen molar-refractivity contribution in [2.45, 2.75) is 43.4 Å². The molecule has 1 amide bonds. The van der Waals surface area contributed by atoms with Crippen LogP contribution in [0, 0.1) is 0 Å². The third-order valence-corrected chi connectivity index (χ3v) is 6.05. The smallest absolute Gasteiger partial charge is 0.298 e. The monoisotopic (exact) mass is 427 g/mol. The molecule has 1 atom stereocenters. The van der Waals surface area contributed by atoms with Gasteiger partial charge in [-0.05, 0) is 58.6 Å². The van der Waals surface area contributed by atoms with Crippen LogP contribution >= 0.6 is 11.8 Å². The van der Waals surface area contributed by atoms with Crippen molar-refractivity contribution in [1.29, 1.82) is 0 Å². The second kappa shape index (κ2) is 9.67. The SMILES string of the molecule is CCC(Sc1c([O-])on[n+]1-c1ccc(OC)cc1)C(=O)Nc1ccc(C(C)C)cc1. The van der Waals surface area contributed by atoms with Crippen molar-refractivity contribution in [3.63, 3.8) is 0 Å². The van der Waals surface area contributed by atoms with Crippen molar-refractivity contribution in [2.24, 2.45) is 0 Å². The van der Waals surface area contributed by atoms with Crippen LogP contribution in [0.5, 0.6) is 11.7 Å². The lowest BCUT2D eigenvalue weighted by molar-refractivity contribution is -0.705. The van der Waals surface area contributed by atoms with Gasteiger partial charge in [0.1, 0.15) is 5.75 Å². The number of thioether (sulfide) groups is 1. The van der Waals surface area contributed by atoms with Crippen LogP contribution in [0.4, 0.5) is 5.69 Å². The quantitative estimate of drug-likeness (QED) is 0.436. The molecular formula is C22H25N3O4S. The van der Waals surface area contributed by atoms with Gasteiger partial charge >= 0.3 is 0 Å². The molecule has 1 aromatic heterocycles. The maximum Gasteiger partial charge on any atom is 0.298 e. The molecule has 2 aromatic carbocycles. The first-order valence-corrected chi connectivity index (χ1v) is 10.6. The molecule has 3 aromatic rings. The minimum Gasteiger partial charge on any atom is -0.538 e. The molecule has 30 heavy (non-hydrogen) atoms. The number of nitrogens with zero attached hydrogens (tertiary/aromatic N) is 2. The summed E-state index contributed by atoms with van der Waals surface area (Å²) < 4.78 is 11.4. The Hall–Kier alpha value is -3.00. The van der Waals surface area contributed by atoms with E-state index in [0.29, 0.717) is 23.8 Å². The Balaban J connectivity index is 1.76. The highest BCUT2D eigenvalue weighted by molar-refractivity contribution is 8.00. The summed E-state index contributed by atoms with van der Waals surface area (Å²) in [4.78, 5) is 12.8. The lowest BCUT2D eigenvalue weighted by Crippen LogP contribution is -2.36. The van der Waals surface area contributed by atoms with Gasteiger partial charge in [0.05, 0.1) is 17.6 Å². The number of ether oxygens (including phenoxy) is 1. The first kappa shape index (κ1) is 21.7. The van der Waals surface area contributed by atoms with Gasteiger partial charge in [-0.1, -0.05) is 32.9 Å². The summed E-state index contributed by atoms with van der Waals surface area (Å²) in [7, 11) is 1.58. The molecule has 3 rings (SSSR count). The number of hydrogen-bond donors (Lipinski definition) is 1. The number of amides is 1. The van der Waals surface area contributed by atoms with Crippen molar-refractivity contribution in [3.8, 4) is 17.4 Å². The standard InChI is InChI=1S/C22H25N3O4S/c1-5-19(20(26)23-16-8-6-15(7-9-16)14(2)3)30-21-22(27)29-24-25(21)17-10-12-18(28-4)13-11-17/h6-14,19H,5H2,1-4H3,(H-,23,24,26,27). The second-order valence-electron chi connectivity index (χ2n) is 7.06. The molecule has 0 aliphatic rings. The highest BCUT2D eigenvalue weighted by Crippen LogP contribution is 2.30. The van der Waals surface area contributed by atoms with Gasteiger partial charge in [-0.15, -0.1) is 0 Å². The van der Waals surface area contributed by atoms with Gasteiger partial charge in [-0.2, -0.15) is 0 Å². The van der Waals surface area contributed by atoms with Crippen molar-refractivity contribution >= 4 is 23.4 Å². The number of carbonyl (C=O) groups is 1. The summed E-state index contributed by atoms with van der Waals surface area (Å²) in [5.74, 6) is 0.352. The van der Waals surface area contributed by atoms with Gasteiger partial charge in [0.15, 0.2) is 5.95 Å². The average molecular weight is 428 g/mol. The molecule has 0 spiro atoms. The molecule has 0 fully saturated rings. The topological polar surface area (TPSA) is 91.3 Å². The molecular weight excluding hydrogens is 402 g/mol. The van der Waals surface area contributed by atoms with Crippen molar-refractivity contribution in [3.05, 3.63) is 54.1 Å². The van der Waals surface area contributed by atoms with Crippen molar-refractivity contribution < 1.29 is 23.8 Å². The Morgan fingerprint density at radius 2 is 1.87 bits per heavy atom. The molecule has 1 unspecified atom stereocenters. The highest BCUT2D eigenvalue weighted by atomic mass is 32.2. The lowest BCUT2D eigenvalue weighted by atomic mass is 10.0. The van der Waals surface area contributed by atoms with E-state index in [1.165, 1.54) is 10.2 Å². The molecule has 1 heterocycles. The van der Waals surface area contributed by atoms with Crippen LogP contribution in [0.25, 0.3) is 5.69 Å². The van der Waals surface area contributed by atoms with E-state index in [2.05, 4.69) is 24.4 Å². The predicted octanol–water partition coefficient (Wildman–Crippen LogP) is 3.67. The van der Waals surface area contributed by atoms with E-state index in [1.54, 1.807) is 31.4 Å². The number of hydrogen-bond acceptors (Lipinski definition) is 6. The number of anilines is 1. The van der Waals surface area contributed by atoms with Gasteiger partial charge < -0.3 is 19.7 Å². The third-order valence-electron chi connectivity index (χ3n) is 4.65. The molecule has 158 valence electrons. The summed E-state index contributed by atoms with van der Waals surface area (Å²) in [6, 6.07) is 14.8. The average Bonchev–Trinajstić information content (AvgIpc) is 3.12. The fraction of sp³-hybridized carbons (Fsp3) is 0.318. The zero-order valence-corrected chi connectivity index (χ0v) is 18.2. The van der Waals surface area contributed by atoms with Gasteiger partial charge in [-0.3, -0.25) is 4.79 Å². The van der Waals surface area contributed by atoms with E-state index < -0.39 is 11.2 Å². The Kier molecular flexibility index (Phi) is 6.99. The van der Waals surface area contributed by atoms with Crippen LogP contribution in [0.2, 0.25) is 0 Å². The fourth-order valence-electron chi connectivity index (χ4n) is 2.86. The summed E-state index contributed by atoms with van der Waals surface area (Å²) in [6.45, 7) is 6.14. The first-order chi connectivity index (χ1) is 14.4. The molecule has 0 aliphatic carbocycles. The van der Waals surface area contributed by atoms with Crippen molar-refractivity contribution in [2.75, 3.05) is 12.4 Å². The molecule has 0 radical (unpaired) electrons. The minimum atomic E-state index is -0.580. The number of rotatable bonds is 8. The predicted molar refractivity (Wildman–Crippen MR) is 113 cm³/mol. The Bertz CT molecular complexity index is 985. The summed E-state index contributed by atoms with van der Waals surface area (Å²) in [5, 5.41) is 18.8. The Labute approximate surface area is 180 Å². The van der Waals surface area contributed by atoms with Crippen LogP contribution in [0.1, 0.15) is 38.7 Å². The van der Waals surface area contributed by atoms with Crippen LogP contribution in [0.15, 0.2) is 58.1 Å². The van der Waals surface area contributed by atoms with E-state index in [-0.39, 0.29) is 10.9 Å². The van der Waals surface area contributed by atoms with Gasteiger partial charge in [0.25, 0.3) is 5.03 Å². The number of nitrogens with one attached hydrogen (secondary N) is 1. The lowest BCUT2D eigenvalue weighted by Gasteiger charge is -2.14. The largest absolute Gasteiger partial charge is 0.538 e. The van der Waals surface area contributed by atoms with E-state index >= 15 is 0 Å². The molecule has 0 aliphatic heterocycles. The summed E-state index contributed by atoms with van der Waals surface area (Å²) in [5.41, 5.74) is 2.57. The van der Waals surface area contributed by atoms with Crippen LogP contribution < -0.4 is 19.8 Å². The normalized spacial score (nSPS) is 12.0. The molecule has 8 heteroatoms. The van der Waals surface area contributed by atoms with Crippen LogP contribution in [-0.4, -0.2) is 23.5 Å². The molecule has 1 N–H and O–H groups in total. The van der Waals surface area contributed by atoms with E-state index in [1.807, 2.05) is 31.2 Å². The van der Waals surface area contributed by atoms with Gasteiger partial charge in [0.2, 0.25) is 11.6 Å². The van der Waals surface area contributed by atoms with Crippen molar-refractivity contribution in [1.82, 2.24) is 5.27 Å². The zero-order valence-electron chi connectivity index (χ0n) is 17.4. The maximum atomic E-state index is 12.8. The molecule has 0 bridgehead atoms. The zero-order chi connectivity index (χ0) is 21.7. The molecule has 0 saturated heterocycles. The molecule has 7 nitrogen and oxygen atoms in total. The van der Waals surface area contributed by atoms with E-state index in [0.717, 1.165) is 17.4 Å². The van der Waals surface area contributed by atoms with Crippen LogP contribution in [0.3, 0.4) is 0 Å². The minimum absolute atomic E-state index is 0.179. The fourth-order valence-corrected chi connectivity index (χ4v) is 3.83. The first-order valence-electron chi connectivity index (χ1n) is 9.73. The number of aromatic nitrogens is 2.